The molecule has 1 aromatic carbocycles. The van der Waals surface area contributed by atoms with Crippen molar-refractivity contribution in [1.29, 1.82) is 0 Å². The lowest BCUT2D eigenvalue weighted by atomic mass is 9.69. The van der Waals surface area contributed by atoms with Gasteiger partial charge in [0.25, 0.3) is 0 Å². The maximum Gasteiger partial charge on any atom is 0.166 e. The molecular formula is C15H20NO+. The lowest BCUT2D eigenvalue weighted by Crippen LogP contribution is -3.15. The van der Waals surface area contributed by atoms with Crippen molar-refractivity contribution in [3.63, 3.8) is 0 Å². The number of rotatable bonds is 1. The lowest BCUT2D eigenvalue weighted by Gasteiger charge is -2.48. The van der Waals surface area contributed by atoms with Gasteiger partial charge >= 0.3 is 0 Å². The normalized spacial score (nSPS) is 36.2. The van der Waals surface area contributed by atoms with Crippen molar-refractivity contribution in [2.45, 2.75) is 25.4 Å². The average molecular weight is 230 g/mol. The van der Waals surface area contributed by atoms with Gasteiger partial charge < -0.3 is 10.0 Å². The Kier molecular flexibility index (Phi) is 2.39. The van der Waals surface area contributed by atoms with Crippen molar-refractivity contribution in [2.24, 2.45) is 5.92 Å². The molecule has 0 aromatic heterocycles. The van der Waals surface area contributed by atoms with Crippen molar-refractivity contribution in [3.8, 4) is 0 Å². The van der Waals surface area contributed by atoms with Crippen LogP contribution in [0.2, 0.25) is 0 Å². The second kappa shape index (κ2) is 3.69. The minimum atomic E-state index is -0.792. The van der Waals surface area contributed by atoms with Gasteiger partial charge in [0, 0.05) is 18.8 Å². The second-order valence-corrected chi connectivity index (χ2v) is 5.49. The molecule has 3 aliphatic rings. The zero-order valence-electron chi connectivity index (χ0n) is 10.4. The number of aryl methyl sites for hydroxylation is 1. The van der Waals surface area contributed by atoms with Crippen LogP contribution in [0.4, 0.5) is 0 Å². The fraction of sp³-hybridized carbons (Fsp3) is 0.467. The van der Waals surface area contributed by atoms with E-state index in [1.54, 1.807) is 0 Å². The number of fused-ring (bicyclic) bond motifs is 3. The molecule has 0 aliphatic carbocycles. The summed E-state index contributed by atoms with van der Waals surface area (Å²) in [5.74, 6) is 0.357. The van der Waals surface area contributed by atoms with Crippen LogP contribution in [-0.2, 0) is 5.60 Å². The van der Waals surface area contributed by atoms with E-state index in [9.17, 15) is 5.11 Å². The van der Waals surface area contributed by atoms with E-state index in [4.69, 9.17) is 0 Å². The Labute approximate surface area is 103 Å². The van der Waals surface area contributed by atoms with Crippen molar-refractivity contribution >= 4 is 0 Å². The Balaban J connectivity index is 2.05. The molecule has 0 spiro atoms. The van der Waals surface area contributed by atoms with Crippen LogP contribution in [0.3, 0.4) is 0 Å². The fourth-order valence-electron chi connectivity index (χ4n) is 3.42. The number of quaternary nitrogens is 1. The van der Waals surface area contributed by atoms with Crippen molar-refractivity contribution < 1.29 is 10.0 Å². The van der Waals surface area contributed by atoms with Crippen molar-refractivity contribution in [1.82, 2.24) is 0 Å². The zero-order valence-corrected chi connectivity index (χ0v) is 10.4. The number of nitrogens with one attached hydrogen (secondary N) is 1. The average Bonchev–Trinajstić information content (AvgIpc) is 2.36. The first kappa shape index (κ1) is 11.0. The Morgan fingerprint density at radius 3 is 2.35 bits per heavy atom. The quantitative estimate of drug-likeness (QED) is 0.739. The zero-order chi connectivity index (χ0) is 12.0. The molecule has 2 N–H and O–H groups in total. The van der Waals surface area contributed by atoms with Gasteiger partial charge in [-0.05, 0) is 19.1 Å². The van der Waals surface area contributed by atoms with Gasteiger partial charge in [-0.2, -0.15) is 0 Å². The highest BCUT2D eigenvalue weighted by molar-refractivity contribution is 5.33. The van der Waals surface area contributed by atoms with Gasteiger partial charge in [-0.25, -0.2) is 0 Å². The van der Waals surface area contributed by atoms with Crippen molar-refractivity contribution in [3.05, 3.63) is 47.7 Å². The highest BCUT2D eigenvalue weighted by Crippen LogP contribution is 2.41. The smallest absolute Gasteiger partial charge is 0.166 e. The number of aliphatic hydroxyl groups is 1. The molecule has 0 saturated carbocycles. The molecule has 17 heavy (non-hydrogen) atoms. The predicted octanol–water partition coefficient (Wildman–Crippen LogP) is 1.00. The molecule has 3 aliphatic heterocycles. The largest absolute Gasteiger partial charge is 0.375 e. The molecule has 2 bridgehead atoms. The van der Waals surface area contributed by atoms with Crippen LogP contribution in [0.1, 0.15) is 24.0 Å². The molecular weight excluding hydrogens is 210 g/mol. The summed E-state index contributed by atoms with van der Waals surface area (Å²) < 4.78 is 0. The van der Waals surface area contributed by atoms with Gasteiger partial charge in [0.15, 0.2) is 5.60 Å². The Bertz CT molecular complexity index is 442. The molecule has 3 heterocycles. The molecule has 0 radical (unpaired) electrons. The summed E-state index contributed by atoms with van der Waals surface area (Å²) in [6, 6.07) is 8.27. The Hall–Kier alpha value is -1.12. The summed E-state index contributed by atoms with van der Waals surface area (Å²) in [4.78, 5) is 1.38. The van der Waals surface area contributed by atoms with Crippen LogP contribution in [0, 0.1) is 12.8 Å². The summed E-state index contributed by atoms with van der Waals surface area (Å²) in [5.41, 5.74) is 2.44. The molecule has 1 atom stereocenters. The van der Waals surface area contributed by atoms with Crippen LogP contribution in [-0.4, -0.2) is 18.2 Å². The fourth-order valence-corrected chi connectivity index (χ4v) is 3.42. The monoisotopic (exact) mass is 230 g/mol. The first-order chi connectivity index (χ1) is 8.12. The molecule has 2 nitrogen and oxygen atoms in total. The number of piperidine rings is 3. The van der Waals surface area contributed by atoms with Gasteiger partial charge in [0.05, 0.1) is 13.1 Å². The minimum absolute atomic E-state index is 0.357. The number of benzene rings is 1. The first-order valence-electron chi connectivity index (χ1n) is 6.46. The number of hydrogen-bond acceptors (Lipinski definition) is 1. The third-order valence-electron chi connectivity index (χ3n) is 4.56. The van der Waals surface area contributed by atoms with E-state index in [1.165, 1.54) is 10.5 Å². The van der Waals surface area contributed by atoms with E-state index in [0.29, 0.717) is 5.92 Å². The minimum Gasteiger partial charge on any atom is -0.375 e. The maximum atomic E-state index is 11.1. The Morgan fingerprint density at radius 2 is 1.82 bits per heavy atom. The van der Waals surface area contributed by atoms with Crippen LogP contribution < -0.4 is 4.90 Å². The molecule has 90 valence electrons. The summed E-state index contributed by atoms with van der Waals surface area (Å²) in [6.45, 7) is 8.51. The van der Waals surface area contributed by atoms with Crippen LogP contribution in [0.25, 0.3) is 0 Å². The van der Waals surface area contributed by atoms with E-state index >= 15 is 0 Å². The van der Waals surface area contributed by atoms with E-state index in [1.807, 2.05) is 0 Å². The molecule has 0 amide bonds. The van der Waals surface area contributed by atoms with Gasteiger partial charge in [0.1, 0.15) is 5.70 Å². The Morgan fingerprint density at radius 1 is 1.24 bits per heavy atom. The highest BCUT2D eigenvalue weighted by atomic mass is 16.3. The summed E-state index contributed by atoms with van der Waals surface area (Å²) in [5, 5.41) is 11.1. The van der Waals surface area contributed by atoms with E-state index in [2.05, 4.69) is 37.8 Å². The molecule has 2 heteroatoms. The summed E-state index contributed by atoms with van der Waals surface area (Å²) in [6.07, 6.45) is 2.22. The van der Waals surface area contributed by atoms with Crippen LogP contribution in [0.5, 0.6) is 0 Å². The molecule has 4 rings (SSSR count). The summed E-state index contributed by atoms with van der Waals surface area (Å²) in [7, 11) is 0. The van der Waals surface area contributed by atoms with E-state index < -0.39 is 5.60 Å². The van der Waals surface area contributed by atoms with E-state index in [-0.39, 0.29) is 0 Å². The third-order valence-corrected chi connectivity index (χ3v) is 4.56. The third kappa shape index (κ3) is 1.48. The lowest BCUT2D eigenvalue weighted by molar-refractivity contribution is -0.886. The van der Waals surface area contributed by atoms with Crippen LogP contribution in [0.15, 0.2) is 36.5 Å². The molecule has 3 saturated heterocycles. The van der Waals surface area contributed by atoms with Gasteiger partial charge in [-0.1, -0.05) is 29.8 Å². The topological polar surface area (TPSA) is 24.7 Å². The first-order valence-corrected chi connectivity index (χ1v) is 6.46. The predicted molar refractivity (Wildman–Crippen MR) is 67.6 cm³/mol. The maximum absolute atomic E-state index is 11.1. The molecule has 1 aromatic rings. The standard InChI is InChI=1S/C15H19NO/c1-11-3-5-13(6-4-11)15(17)12(2)16-9-7-14(15)8-10-16/h3-6,14,17H,2,7-10H2,1H3/p+1/t15-/m0/s1. The van der Waals surface area contributed by atoms with Crippen molar-refractivity contribution in [2.75, 3.05) is 13.1 Å². The SMILES string of the molecule is C=C1[NH+]2CCC(CC2)[C@@]1(O)c1ccc(C)cc1. The van der Waals surface area contributed by atoms with Gasteiger partial charge in [-0.3, -0.25) is 0 Å². The van der Waals surface area contributed by atoms with Gasteiger partial charge in [0.2, 0.25) is 0 Å². The van der Waals surface area contributed by atoms with Gasteiger partial charge in [-0.15, -0.1) is 0 Å². The molecule has 0 unspecified atom stereocenters. The second-order valence-electron chi connectivity index (χ2n) is 5.49. The van der Waals surface area contributed by atoms with E-state index in [0.717, 1.165) is 37.2 Å². The molecule has 3 fully saturated rings. The highest BCUT2D eigenvalue weighted by Gasteiger charge is 2.53. The summed E-state index contributed by atoms with van der Waals surface area (Å²) >= 11 is 0. The van der Waals surface area contributed by atoms with Crippen LogP contribution >= 0.6 is 0 Å². The number of hydrogen-bond donors (Lipinski definition) is 2.